The Morgan fingerprint density at radius 3 is 1.43 bits per heavy atom. The van der Waals surface area contributed by atoms with Crippen LogP contribution >= 0.6 is 0 Å². The lowest BCUT2D eigenvalue weighted by Crippen LogP contribution is -1.74. The van der Waals surface area contributed by atoms with Crippen molar-refractivity contribution in [2.45, 2.75) is 13.8 Å². The van der Waals surface area contributed by atoms with Gasteiger partial charge in [0, 0.05) is 0 Å². The van der Waals surface area contributed by atoms with E-state index in [4.69, 9.17) is 10.8 Å². The number of rotatable bonds is 2. The topological polar surface area (TPSA) is 56.9 Å². The van der Waals surface area contributed by atoms with Crippen molar-refractivity contribution >= 4 is 12.8 Å². The average molecular weight is 102 g/mol. The largest absolute Gasteiger partial charge is 0.435 e. The summed E-state index contributed by atoms with van der Waals surface area (Å²) in [6.45, 7) is 4.00. The quantitative estimate of drug-likeness (QED) is 0.400. The van der Waals surface area contributed by atoms with Crippen LogP contribution in [0.1, 0.15) is 13.8 Å². The van der Waals surface area contributed by atoms with E-state index in [0.29, 0.717) is 12.8 Å². The van der Waals surface area contributed by atoms with Gasteiger partial charge in [-0.25, -0.2) is 0 Å². The molecule has 0 aromatic heterocycles. The Balaban J connectivity index is 0. The molecule has 42 valence electrons. The second-order valence-electron chi connectivity index (χ2n) is 0.372. The van der Waals surface area contributed by atoms with Crippen LogP contribution in [0.5, 0.6) is 0 Å². The zero-order chi connectivity index (χ0) is 6.12. The molecule has 0 saturated heterocycles. The van der Waals surface area contributed by atoms with Crippen molar-refractivity contribution in [3.63, 3.8) is 0 Å². The molecule has 3 nitrogen and oxygen atoms in total. The van der Waals surface area contributed by atoms with Gasteiger partial charge in [-0.2, -0.15) is 0 Å². The van der Waals surface area contributed by atoms with E-state index in [1.165, 1.54) is 0 Å². The SMILES string of the molecule is CC.N=COC=N. The smallest absolute Gasteiger partial charge is 0.175 e. The molecule has 0 aliphatic carbocycles. The molecule has 7 heavy (non-hydrogen) atoms. The second-order valence-corrected chi connectivity index (χ2v) is 0.372. The van der Waals surface area contributed by atoms with Crippen molar-refractivity contribution in [2.24, 2.45) is 0 Å². The van der Waals surface area contributed by atoms with Crippen molar-refractivity contribution in [3.05, 3.63) is 0 Å². The summed E-state index contributed by atoms with van der Waals surface area (Å²) < 4.78 is 3.92. The highest BCUT2D eigenvalue weighted by atomic mass is 16.5. The number of hydrogen-bond acceptors (Lipinski definition) is 3. The first-order valence-electron chi connectivity index (χ1n) is 2.05. The maximum atomic E-state index is 6.10. The lowest BCUT2D eigenvalue weighted by Gasteiger charge is -1.72. The molecule has 0 radical (unpaired) electrons. The first kappa shape index (κ1) is 9.46. The summed E-state index contributed by atoms with van der Waals surface area (Å²) in [6, 6.07) is 0. The zero-order valence-electron chi connectivity index (χ0n) is 4.56. The number of ether oxygens (including phenoxy) is 1. The summed E-state index contributed by atoms with van der Waals surface area (Å²) in [5.74, 6) is 0. The van der Waals surface area contributed by atoms with Crippen LogP contribution in [0, 0.1) is 10.8 Å². The van der Waals surface area contributed by atoms with Crippen molar-refractivity contribution in [1.82, 2.24) is 0 Å². The highest BCUT2D eigenvalue weighted by molar-refractivity contribution is 5.58. The molecule has 0 amide bonds. The monoisotopic (exact) mass is 102 g/mol. The maximum absolute atomic E-state index is 6.10. The molecule has 0 aliphatic heterocycles. The summed E-state index contributed by atoms with van der Waals surface area (Å²) >= 11 is 0. The molecule has 0 unspecified atom stereocenters. The van der Waals surface area contributed by atoms with Crippen LogP contribution in [-0.4, -0.2) is 12.8 Å². The molecule has 0 atom stereocenters. The van der Waals surface area contributed by atoms with Crippen LogP contribution in [0.3, 0.4) is 0 Å². The van der Waals surface area contributed by atoms with Crippen molar-refractivity contribution in [1.29, 1.82) is 10.8 Å². The van der Waals surface area contributed by atoms with Gasteiger partial charge in [-0.3, -0.25) is 10.8 Å². The van der Waals surface area contributed by atoms with E-state index in [1.54, 1.807) is 0 Å². The lowest BCUT2D eigenvalue weighted by molar-refractivity contribution is 0.585. The minimum Gasteiger partial charge on any atom is -0.435 e. The molecule has 2 N–H and O–H groups in total. The van der Waals surface area contributed by atoms with Crippen LogP contribution in [0.25, 0.3) is 0 Å². The Bertz CT molecular complexity index is 39.0. The summed E-state index contributed by atoms with van der Waals surface area (Å²) in [6.07, 6.45) is 1.38. The van der Waals surface area contributed by atoms with Gasteiger partial charge in [-0.15, -0.1) is 0 Å². The van der Waals surface area contributed by atoms with Crippen molar-refractivity contribution in [3.8, 4) is 0 Å². The van der Waals surface area contributed by atoms with Gasteiger partial charge in [0.25, 0.3) is 0 Å². The molecular weight excluding hydrogens is 92.1 g/mol. The Kier molecular flexibility index (Phi) is 26.0. The molecule has 0 spiro atoms. The minimum atomic E-state index is 0.688. The van der Waals surface area contributed by atoms with Crippen LogP contribution in [0.4, 0.5) is 0 Å². The van der Waals surface area contributed by atoms with Gasteiger partial charge in [0.05, 0.1) is 0 Å². The van der Waals surface area contributed by atoms with Crippen LogP contribution in [0.2, 0.25) is 0 Å². The molecule has 0 bridgehead atoms. The first-order chi connectivity index (χ1) is 3.41. The molecule has 0 aliphatic rings. The van der Waals surface area contributed by atoms with E-state index < -0.39 is 0 Å². The highest BCUT2D eigenvalue weighted by Gasteiger charge is 1.50. The van der Waals surface area contributed by atoms with Gasteiger partial charge in [-0.05, 0) is 0 Å². The Hall–Kier alpha value is -0.860. The molecule has 3 heteroatoms. The third kappa shape index (κ3) is 39.0. The maximum Gasteiger partial charge on any atom is 0.175 e. The van der Waals surface area contributed by atoms with Gasteiger partial charge >= 0.3 is 0 Å². The van der Waals surface area contributed by atoms with E-state index >= 15 is 0 Å². The predicted octanol–water partition coefficient (Wildman–Crippen LogP) is 1.24. The summed E-state index contributed by atoms with van der Waals surface area (Å²) in [4.78, 5) is 0. The van der Waals surface area contributed by atoms with E-state index in [9.17, 15) is 0 Å². The predicted molar refractivity (Wildman–Crippen MR) is 30.0 cm³/mol. The van der Waals surface area contributed by atoms with E-state index in [0.717, 1.165) is 0 Å². The fourth-order valence-electron chi connectivity index (χ4n) is 0.0340. The second kappa shape index (κ2) is 19.2. The molecule has 0 aromatic rings. The third-order valence-corrected chi connectivity index (χ3v) is 0.136. The van der Waals surface area contributed by atoms with Gasteiger partial charge < -0.3 is 4.74 Å². The zero-order valence-corrected chi connectivity index (χ0v) is 4.56. The van der Waals surface area contributed by atoms with Crippen LogP contribution in [0.15, 0.2) is 0 Å². The molecule has 0 rings (SSSR count). The summed E-state index contributed by atoms with van der Waals surface area (Å²) in [5, 5.41) is 12.2. The molecule has 0 fully saturated rings. The normalized spacial score (nSPS) is 4.86. The lowest BCUT2D eigenvalue weighted by atomic mass is 11.0. The molecular formula is C4H10N2O. The van der Waals surface area contributed by atoms with Crippen LogP contribution < -0.4 is 0 Å². The van der Waals surface area contributed by atoms with Gasteiger partial charge in [-0.1, -0.05) is 13.8 Å². The van der Waals surface area contributed by atoms with Crippen molar-refractivity contribution < 1.29 is 4.74 Å². The fourth-order valence-corrected chi connectivity index (χ4v) is 0.0340. The van der Waals surface area contributed by atoms with E-state index in [1.807, 2.05) is 13.8 Å². The minimum absolute atomic E-state index is 0.688. The molecule has 0 aromatic carbocycles. The molecule has 0 heterocycles. The Morgan fingerprint density at radius 2 is 1.43 bits per heavy atom. The highest BCUT2D eigenvalue weighted by Crippen LogP contribution is 1.43. The summed E-state index contributed by atoms with van der Waals surface area (Å²) in [7, 11) is 0. The van der Waals surface area contributed by atoms with Crippen LogP contribution in [-0.2, 0) is 4.74 Å². The standard InChI is InChI=1S/C2H4N2O.C2H6/c3-1-5-2-4;1-2/h1-4H;1-2H3. The van der Waals surface area contributed by atoms with E-state index in [-0.39, 0.29) is 0 Å². The fraction of sp³-hybridized carbons (Fsp3) is 0.500. The number of nitrogens with one attached hydrogen (secondary N) is 2. The third-order valence-electron chi connectivity index (χ3n) is 0.136. The Morgan fingerprint density at radius 1 is 1.14 bits per heavy atom. The Labute approximate surface area is 43.3 Å². The number of hydrogen-bond donors (Lipinski definition) is 2. The molecule has 0 saturated carbocycles. The average Bonchev–Trinajstić information content (AvgIpc) is 1.75. The van der Waals surface area contributed by atoms with E-state index in [2.05, 4.69) is 4.74 Å². The first-order valence-corrected chi connectivity index (χ1v) is 2.05. The van der Waals surface area contributed by atoms with Gasteiger partial charge in [0.2, 0.25) is 0 Å². The van der Waals surface area contributed by atoms with Gasteiger partial charge in [0.1, 0.15) is 0 Å². The summed E-state index contributed by atoms with van der Waals surface area (Å²) in [5.41, 5.74) is 0. The van der Waals surface area contributed by atoms with Crippen molar-refractivity contribution in [2.75, 3.05) is 0 Å². The van der Waals surface area contributed by atoms with Gasteiger partial charge in [0.15, 0.2) is 12.8 Å².